The Balaban J connectivity index is 1.46. The number of alkyl halides is 3. The second-order valence-corrected chi connectivity index (χ2v) is 12.5. The molecule has 5 rings (SSSR count). The van der Waals surface area contributed by atoms with Crippen molar-refractivity contribution in [3.05, 3.63) is 36.2 Å². The summed E-state index contributed by atoms with van der Waals surface area (Å²) in [7, 11) is -2.84. The van der Waals surface area contributed by atoms with Crippen LogP contribution in [-0.4, -0.2) is 47.1 Å². The van der Waals surface area contributed by atoms with Crippen LogP contribution in [0.4, 0.5) is 13.2 Å². The maximum atomic E-state index is 14.1. The third-order valence-corrected chi connectivity index (χ3v) is 9.84. The van der Waals surface area contributed by atoms with Crippen LogP contribution in [-0.2, 0) is 32.6 Å². The Labute approximate surface area is 212 Å². The molecule has 1 N–H and O–H groups in total. The number of hydrogen-bond donors (Lipinski definition) is 1. The Bertz CT molecular complexity index is 1360. The van der Waals surface area contributed by atoms with Crippen LogP contribution in [0.5, 0.6) is 0 Å². The molecule has 3 aliphatic rings. The van der Waals surface area contributed by atoms with Crippen molar-refractivity contribution in [1.82, 2.24) is 15.1 Å². The van der Waals surface area contributed by atoms with Crippen LogP contribution in [0.3, 0.4) is 0 Å². The number of rotatable bonds is 7. The molecule has 1 amide bonds. The van der Waals surface area contributed by atoms with E-state index >= 15 is 0 Å². The van der Waals surface area contributed by atoms with Gasteiger partial charge in [0.1, 0.15) is 5.54 Å². The monoisotopic (exact) mass is 536 g/mol. The van der Waals surface area contributed by atoms with Gasteiger partial charge in [0.2, 0.25) is 5.91 Å². The molecular formula is C25H27F3N4O4S. The molecule has 3 fully saturated rings. The van der Waals surface area contributed by atoms with Crippen molar-refractivity contribution in [2.24, 2.45) is 13.0 Å². The molecule has 0 aliphatic heterocycles. The van der Waals surface area contributed by atoms with Crippen LogP contribution < -0.4 is 5.32 Å². The molecule has 1 heterocycles. The molecule has 12 heteroatoms. The first-order valence-corrected chi connectivity index (χ1v) is 13.8. The molecule has 198 valence electrons. The molecule has 3 aliphatic carbocycles. The predicted molar refractivity (Wildman–Crippen MR) is 126 cm³/mol. The molecule has 2 aromatic rings. The minimum absolute atomic E-state index is 0.0852. The first-order valence-electron chi connectivity index (χ1n) is 12.2. The van der Waals surface area contributed by atoms with Crippen molar-refractivity contribution in [3.63, 3.8) is 0 Å². The lowest BCUT2D eigenvalue weighted by Gasteiger charge is -2.31. The lowest BCUT2D eigenvalue weighted by Crippen LogP contribution is -2.43. The zero-order valence-electron chi connectivity index (χ0n) is 20.2. The average molecular weight is 537 g/mol. The molecule has 3 unspecified atom stereocenters. The fourth-order valence-corrected chi connectivity index (χ4v) is 7.04. The van der Waals surface area contributed by atoms with Gasteiger partial charge in [-0.05, 0) is 62.6 Å². The quantitative estimate of drug-likeness (QED) is 0.576. The number of aryl methyl sites for hydroxylation is 1. The Morgan fingerprint density at radius 1 is 1.24 bits per heavy atom. The lowest BCUT2D eigenvalue weighted by molar-refractivity contribution is -0.140. The van der Waals surface area contributed by atoms with Gasteiger partial charge in [-0.25, -0.2) is 8.42 Å². The van der Waals surface area contributed by atoms with E-state index in [-0.39, 0.29) is 24.5 Å². The highest BCUT2D eigenvalue weighted by Crippen LogP contribution is 2.44. The van der Waals surface area contributed by atoms with E-state index in [0.29, 0.717) is 18.4 Å². The van der Waals surface area contributed by atoms with E-state index in [1.165, 1.54) is 16.9 Å². The topological polar surface area (TPSA) is 114 Å². The van der Waals surface area contributed by atoms with Crippen LogP contribution in [0.15, 0.2) is 35.5 Å². The fourth-order valence-electron chi connectivity index (χ4n) is 5.04. The Kier molecular flexibility index (Phi) is 6.35. The smallest absolute Gasteiger partial charge is 0.374 e. The average Bonchev–Trinajstić information content (AvgIpc) is 3.23. The summed E-state index contributed by atoms with van der Waals surface area (Å²) in [6.45, 7) is 0. The summed E-state index contributed by atoms with van der Waals surface area (Å²) in [5.74, 6) is -1.35. The normalized spacial score (nSPS) is 25.3. The molecule has 37 heavy (non-hydrogen) atoms. The Hall–Kier alpha value is -2.91. The number of benzene rings is 1. The first kappa shape index (κ1) is 25.7. The van der Waals surface area contributed by atoms with Crippen molar-refractivity contribution in [2.75, 3.05) is 0 Å². The molecule has 3 saturated carbocycles. The molecule has 1 aromatic heterocycles. The number of carbonyl (C=O) groups is 1. The highest BCUT2D eigenvalue weighted by atomic mass is 32.2. The highest BCUT2D eigenvalue weighted by Gasteiger charge is 2.51. The van der Waals surface area contributed by atoms with Gasteiger partial charge < -0.3 is 10.1 Å². The molecular weight excluding hydrogens is 509 g/mol. The molecule has 0 radical (unpaired) electrons. The summed E-state index contributed by atoms with van der Waals surface area (Å²) in [5.41, 5.74) is -1.57. The van der Waals surface area contributed by atoms with Crippen LogP contribution in [0.1, 0.15) is 50.5 Å². The minimum atomic E-state index is -4.91. The third-order valence-electron chi connectivity index (χ3n) is 7.61. The van der Waals surface area contributed by atoms with Gasteiger partial charge in [-0.1, -0.05) is 6.07 Å². The van der Waals surface area contributed by atoms with E-state index in [4.69, 9.17) is 4.74 Å². The summed E-state index contributed by atoms with van der Waals surface area (Å²) in [5, 5.41) is 14.8. The van der Waals surface area contributed by atoms with E-state index in [1.54, 1.807) is 13.2 Å². The zero-order chi connectivity index (χ0) is 26.6. The number of halogens is 3. The van der Waals surface area contributed by atoms with Crippen molar-refractivity contribution in [1.29, 1.82) is 5.26 Å². The largest absolute Gasteiger partial charge is 0.417 e. The highest BCUT2D eigenvalue weighted by molar-refractivity contribution is 7.92. The molecule has 0 spiro atoms. The summed E-state index contributed by atoms with van der Waals surface area (Å²) in [4.78, 5) is 12.3. The number of ether oxygens (including phenoxy) is 1. The van der Waals surface area contributed by atoms with Gasteiger partial charge >= 0.3 is 6.18 Å². The Morgan fingerprint density at radius 2 is 1.97 bits per heavy atom. The Morgan fingerprint density at radius 3 is 2.51 bits per heavy atom. The van der Waals surface area contributed by atoms with E-state index in [1.807, 2.05) is 0 Å². The second-order valence-electron chi connectivity index (χ2n) is 10.3. The summed E-state index contributed by atoms with van der Waals surface area (Å²) in [6, 6.07) is 5.23. The molecule has 1 aromatic carbocycles. The van der Waals surface area contributed by atoms with E-state index < -0.39 is 55.2 Å². The standard InChI is InChI=1S/C25H27F3N4O4S/c1-32-13-16(12-30-32)15-5-6-22(20(9-15)25(26,27)28)37(34,35)18-10-19(21(11-18)36-17-3-2-4-17)23(33)31-24(14-29)7-8-24/h5-6,9,12-13,17-19,21H,2-4,7-8,10-11H2,1H3,(H,31,33). The van der Waals surface area contributed by atoms with Crippen LogP contribution in [0.2, 0.25) is 0 Å². The number of nitrogens with zero attached hydrogens (tertiary/aromatic N) is 3. The van der Waals surface area contributed by atoms with Gasteiger partial charge in [0, 0.05) is 18.8 Å². The van der Waals surface area contributed by atoms with Crippen LogP contribution >= 0.6 is 0 Å². The van der Waals surface area contributed by atoms with Gasteiger partial charge in [0.05, 0.1) is 46.1 Å². The summed E-state index contributed by atoms with van der Waals surface area (Å²) in [6.07, 6.45) is 0.491. The van der Waals surface area contributed by atoms with E-state index in [0.717, 1.165) is 31.4 Å². The molecule has 3 atom stereocenters. The van der Waals surface area contributed by atoms with Gasteiger partial charge in [-0.3, -0.25) is 9.48 Å². The van der Waals surface area contributed by atoms with Crippen molar-refractivity contribution in [2.45, 2.75) is 79.0 Å². The number of nitrogens with one attached hydrogen (secondary N) is 1. The first-order chi connectivity index (χ1) is 17.4. The molecule has 8 nitrogen and oxygen atoms in total. The third kappa shape index (κ3) is 4.99. The van der Waals surface area contributed by atoms with Crippen molar-refractivity contribution >= 4 is 15.7 Å². The SMILES string of the molecule is Cn1cc(-c2ccc(S(=O)(=O)C3CC(OC4CCC4)C(C(=O)NC4(C#N)CC4)C3)c(C(F)(F)F)c2)cn1. The molecule has 0 bridgehead atoms. The predicted octanol–water partition coefficient (Wildman–Crippen LogP) is 3.77. The minimum Gasteiger partial charge on any atom is -0.374 e. The summed E-state index contributed by atoms with van der Waals surface area (Å²) < 4.78 is 77.1. The van der Waals surface area contributed by atoms with Crippen molar-refractivity contribution in [3.8, 4) is 17.2 Å². The summed E-state index contributed by atoms with van der Waals surface area (Å²) >= 11 is 0. The van der Waals surface area contributed by atoms with Crippen molar-refractivity contribution < 1.29 is 31.1 Å². The van der Waals surface area contributed by atoms with E-state index in [9.17, 15) is 31.6 Å². The number of aromatic nitrogens is 2. The number of sulfone groups is 1. The molecule has 0 saturated heterocycles. The van der Waals surface area contributed by atoms with Crippen LogP contribution in [0, 0.1) is 17.2 Å². The van der Waals surface area contributed by atoms with Gasteiger partial charge in [-0.15, -0.1) is 0 Å². The maximum Gasteiger partial charge on any atom is 0.417 e. The fraction of sp³-hybridized carbons (Fsp3) is 0.560. The number of amides is 1. The number of nitriles is 1. The van der Waals surface area contributed by atoms with Gasteiger partial charge in [0.15, 0.2) is 9.84 Å². The second kappa shape index (κ2) is 9.13. The number of carbonyl (C=O) groups excluding carboxylic acids is 1. The number of hydrogen-bond acceptors (Lipinski definition) is 6. The van der Waals surface area contributed by atoms with Crippen LogP contribution in [0.25, 0.3) is 11.1 Å². The zero-order valence-corrected chi connectivity index (χ0v) is 21.0. The van der Waals surface area contributed by atoms with E-state index in [2.05, 4.69) is 16.5 Å². The maximum absolute atomic E-state index is 14.1. The lowest BCUT2D eigenvalue weighted by atomic mass is 9.95. The van der Waals surface area contributed by atoms with Gasteiger partial charge in [0.25, 0.3) is 0 Å². The van der Waals surface area contributed by atoms with Gasteiger partial charge in [-0.2, -0.15) is 23.5 Å².